The third-order valence-electron chi connectivity index (χ3n) is 3.51. The highest BCUT2D eigenvalue weighted by atomic mass is 127. The van der Waals surface area contributed by atoms with E-state index in [-0.39, 0.29) is 0 Å². The predicted octanol–water partition coefficient (Wildman–Crippen LogP) is 5.81. The maximum Gasteiger partial charge on any atom is 0.0485 e. The molecule has 0 bridgehead atoms. The Labute approximate surface area is 135 Å². The second-order valence-corrected chi connectivity index (χ2v) is 6.47. The van der Waals surface area contributed by atoms with Crippen LogP contribution < -0.4 is 5.32 Å². The number of aryl methyl sites for hydroxylation is 1. The predicted molar refractivity (Wildman–Crippen MR) is 96.3 cm³/mol. The van der Waals surface area contributed by atoms with Crippen LogP contribution in [0.25, 0.3) is 0 Å². The van der Waals surface area contributed by atoms with Crippen molar-refractivity contribution in [2.75, 3.05) is 5.32 Å². The second-order valence-electron chi connectivity index (χ2n) is 5.22. The van der Waals surface area contributed by atoms with Crippen LogP contribution >= 0.6 is 22.6 Å². The Kier molecular flexibility index (Phi) is 5.89. The van der Waals surface area contributed by atoms with E-state index < -0.39 is 0 Å². The van der Waals surface area contributed by atoms with Crippen molar-refractivity contribution in [3.63, 3.8) is 0 Å². The number of benzene rings is 2. The topological polar surface area (TPSA) is 12.0 Å². The molecule has 2 aromatic rings. The van der Waals surface area contributed by atoms with Gasteiger partial charge in [-0.3, -0.25) is 0 Å². The fourth-order valence-corrected chi connectivity index (χ4v) is 2.81. The summed E-state index contributed by atoms with van der Waals surface area (Å²) in [4.78, 5) is 0. The van der Waals surface area contributed by atoms with Gasteiger partial charge in [-0.1, -0.05) is 43.7 Å². The van der Waals surface area contributed by atoms with Crippen molar-refractivity contribution >= 4 is 28.3 Å². The largest absolute Gasteiger partial charge is 0.378 e. The standard InChI is InChI=1S/C18H22IN/c1-3-4-6-15-9-11-16(12-10-15)14(2)20-18-8-5-7-17(19)13-18/h5,7-14,20H,3-4,6H2,1-2H3. The maximum absolute atomic E-state index is 3.56. The molecule has 106 valence electrons. The van der Waals surface area contributed by atoms with E-state index in [4.69, 9.17) is 0 Å². The molecule has 2 aromatic carbocycles. The fraction of sp³-hybridized carbons (Fsp3) is 0.333. The quantitative estimate of drug-likeness (QED) is 0.625. The lowest BCUT2D eigenvalue weighted by Crippen LogP contribution is -2.06. The van der Waals surface area contributed by atoms with Gasteiger partial charge < -0.3 is 5.32 Å². The molecule has 0 aliphatic rings. The molecule has 2 heteroatoms. The zero-order valence-electron chi connectivity index (χ0n) is 12.2. The lowest BCUT2D eigenvalue weighted by Gasteiger charge is -2.16. The summed E-state index contributed by atoms with van der Waals surface area (Å²) in [7, 11) is 0. The average molecular weight is 379 g/mol. The highest BCUT2D eigenvalue weighted by Crippen LogP contribution is 2.21. The molecule has 0 spiro atoms. The molecule has 0 aromatic heterocycles. The van der Waals surface area contributed by atoms with E-state index in [0.717, 1.165) is 0 Å². The average Bonchev–Trinajstić information content (AvgIpc) is 2.45. The summed E-state index contributed by atoms with van der Waals surface area (Å²) in [5.41, 5.74) is 3.96. The number of unbranched alkanes of at least 4 members (excludes halogenated alkanes) is 1. The van der Waals surface area contributed by atoms with Crippen LogP contribution in [0.2, 0.25) is 0 Å². The van der Waals surface area contributed by atoms with E-state index >= 15 is 0 Å². The Morgan fingerprint density at radius 1 is 1.10 bits per heavy atom. The van der Waals surface area contributed by atoms with Gasteiger partial charge in [-0.05, 0) is 71.7 Å². The van der Waals surface area contributed by atoms with Gasteiger partial charge in [-0.25, -0.2) is 0 Å². The zero-order valence-corrected chi connectivity index (χ0v) is 14.4. The van der Waals surface area contributed by atoms with Crippen LogP contribution in [0.1, 0.15) is 43.9 Å². The first-order valence-electron chi connectivity index (χ1n) is 7.30. The van der Waals surface area contributed by atoms with Crippen LogP contribution in [0.3, 0.4) is 0 Å². The first kappa shape index (κ1) is 15.4. The van der Waals surface area contributed by atoms with Gasteiger partial charge in [-0.2, -0.15) is 0 Å². The van der Waals surface area contributed by atoms with Crippen molar-refractivity contribution < 1.29 is 0 Å². The number of halogens is 1. The summed E-state index contributed by atoms with van der Waals surface area (Å²) < 4.78 is 1.26. The zero-order chi connectivity index (χ0) is 14.4. The van der Waals surface area contributed by atoms with E-state index in [1.54, 1.807) is 0 Å². The molecule has 0 amide bonds. The minimum atomic E-state index is 0.327. The van der Waals surface area contributed by atoms with Gasteiger partial charge in [0, 0.05) is 15.3 Å². The molecular formula is C18H22IN. The molecule has 0 fully saturated rings. The van der Waals surface area contributed by atoms with Gasteiger partial charge in [-0.15, -0.1) is 0 Å². The van der Waals surface area contributed by atoms with Crippen molar-refractivity contribution in [1.82, 2.24) is 0 Å². The van der Waals surface area contributed by atoms with Gasteiger partial charge in [0.1, 0.15) is 0 Å². The summed E-state index contributed by atoms with van der Waals surface area (Å²) in [6.07, 6.45) is 3.72. The minimum Gasteiger partial charge on any atom is -0.378 e. The van der Waals surface area contributed by atoms with E-state index in [0.29, 0.717) is 6.04 Å². The molecule has 0 saturated carbocycles. The third-order valence-corrected chi connectivity index (χ3v) is 4.18. The minimum absolute atomic E-state index is 0.327. The van der Waals surface area contributed by atoms with Crippen molar-refractivity contribution in [2.45, 2.75) is 39.2 Å². The van der Waals surface area contributed by atoms with Gasteiger partial charge >= 0.3 is 0 Å². The van der Waals surface area contributed by atoms with Gasteiger partial charge in [0.2, 0.25) is 0 Å². The van der Waals surface area contributed by atoms with Crippen molar-refractivity contribution in [2.24, 2.45) is 0 Å². The number of anilines is 1. The van der Waals surface area contributed by atoms with Gasteiger partial charge in [0.15, 0.2) is 0 Å². The number of rotatable bonds is 6. The molecule has 0 aliphatic carbocycles. The van der Waals surface area contributed by atoms with Crippen LogP contribution in [0.5, 0.6) is 0 Å². The third kappa shape index (κ3) is 4.51. The summed E-state index contributed by atoms with van der Waals surface area (Å²) >= 11 is 2.34. The molecular weight excluding hydrogens is 357 g/mol. The number of nitrogens with one attached hydrogen (secondary N) is 1. The molecule has 0 saturated heterocycles. The van der Waals surface area contributed by atoms with Crippen LogP contribution in [0.4, 0.5) is 5.69 Å². The van der Waals surface area contributed by atoms with Crippen LogP contribution in [-0.4, -0.2) is 0 Å². The first-order chi connectivity index (χ1) is 9.69. The molecule has 1 N–H and O–H groups in total. The molecule has 0 heterocycles. The maximum atomic E-state index is 3.56. The lowest BCUT2D eigenvalue weighted by atomic mass is 10.0. The number of hydrogen-bond acceptors (Lipinski definition) is 1. The van der Waals surface area contributed by atoms with E-state index in [9.17, 15) is 0 Å². The molecule has 1 atom stereocenters. The Hall–Kier alpha value is -1.03. The SMILES string of the molecule is CCCCc1ccc(C(C)Nc2cccc(I)c2)cc1. The summed E-state index contributed by atoms with van der Waals surface area (Å²) in [5.74, 6) is 0. The smallest absolute Gasteiger partial charge is 0.0485 e. The normalized spacial score (nSPS) is 12.2. The summed E-state index contributed by atoms with van der Waals surface area (Å²) in [6, 6.07) is 17.8. The highest BCUT2D eigenvalue weighted by Gasteiger charge is 2.05. The van der Waals surface area contributed by atoms with Gasteiger partial charge in [0.05, 0.1) is 0 Å². The Bertz CT molecular complexity index is 533. The van der Waals surface area contributed by atoms with Crippen molar-refractivity contribution in [3.05, 3.63) is 63.2 Å². The van der Waals surface area contributed by atoms with Crippen molar-refractivity contribution in [3.8, 4) is 0 Å². The van der Waals surface area contributed by atoms with Crippen LogP contribution in [0.15, 0.2) is 48.5 Å². The highest BCUT2D eigenvalue weighted by molar-refractivity contribution is 14.1. The second kappa shape index (κ2) is 7.67. The Morgan fingerprint density at radius 3 is 2.50 bits per heavy atom. The molecule has 1 nitrogen and oxygen atoms in total. The van der Waals surface area contributed by atoms with E-state index in [1.807, 2.05) is 0 Å². The fourth-order valence-electron chi connectivity index (χ4n) is 2.27. The molecule has 0 aliphatic heterocycles. The molecule has 20 heavy (non-hydrogen) atoms. The first-order valence-corrected chi connectivity index (χ1v) is 8.38. The van der Waals surface area contributed by atoms with E-state index in [2.05, 4.69) is 90.3 Å². The Balaban J connectivity index is 2.00. The Morgan fingerprint density at radius 2 is 1.85 bits per heavy atom. The van der Waals surface area contributed by atoms with E-state index in [1.165, 1.54) is 39.6 Å². The molecule has 2 rings (SSSR count). The summed E-state index contributed by atoms with van der Waals surface area (Å²) in [5, 5.41) is 3.56. The monoisotopic (exact) mass is 379 g/mol. The van der Waals surface area contributed by atoms with Gasteiger partial charge in [0.25, 0.3) is 0 Å². The molecule has 1 unspecified atom stereocenters. The van der Waals surface area contributed by atoms with Crippen LogP contribution in [-0.2, 0) is 6.42 Å². The number of hydrogen-bond donors (Lipinski definition) is 1. The van der Waals surface area contributed by atoms with Crippen LogP contribution in [0, 0.1) is 3.57 Å². The lowest BCUT2D eigenvalue weighted by molar-refractivity contribution is 0.793. The molecule has 0 radical (unpaired) electrons. The summed E-state index contributed by atoms with van der Waals surface area (Å²) in [6.45, 7) is 4.45. The van der Waals surface area contributed by atoms with Crippen molar-refractivity contribution in [1.29, 1.82) is 0 Å².